The van der Waals surface area contributed by atoms with Gasteiger partial charge >= 0.3 is 0 Å². The first-order chi connectivity index (χ1) is 6.27. The summed E-state index contributed by atoms with van der Waals surface area (Å²) in [5.41, 5.74) is 1.23. The van der Waals surface area contributed by atoms with Crippen molar-refractivity contribution in [1.29, 1.82) is 0 Å². The number of nitrogens with one attached hydrogen (secondary N) is 1. The molecule has 1 unspecified atom stereocenters. The number of hydrogen-bond acceptors (Lipinski definition) is 2. The minimum Gasteiger partial charge on any atom is -0.318 e. The Morgan fingerprint density at radius 3 is 2.85 bits per heavy atom. The summed E-state index contributed by atoms with van der Waals surface area (Å²) in [7, 11) is 1.99. The molecule has 74 valence electrons. The van der Waals surface area contributed by atoms with Crippen LogP contribution in [-0.4, -0.2) is 23.4 Å². The number of nitrogens with zero attached hydrogens (tertiary/aromatic N) is 2. The van der Waals surface area contributed by atoms with Crippen LogP contribution in [0.3, 0.4) is 0 Å². The lowest BCUT2D eigenvalue weighted by Gasteiger charge is -2.15. The molecule has 0 spiro atoms. The van der Waals surface area contributed by atoms with Crippen molar-refractivity contribution in [3.8, 4) is 0 Å². The summed E-state index contributed by atoms with van der Waals surface area (Å²) in [5, 5.41) is 7.53. The first kappa shape index (κ1) is 10.3. The van der Waals surface area contributed by atoms with E-state index in [2.05, 4.69) is 35.1 Å². The standard InChI is InChI=1S/C10H19N3/c1-4-5-10(7-11-3)13-8-9(2)6-12-13/h6,8,10-11H,4-5,7H2,1-3H3. The van der Waals surface area contributed by atoms with E-state index in [1.54, 1.807) is 0 Å². The van der Waals surface area contributed by atoms with Crippen molar-refractivity contribution < 1.29 is 0 Å². The molecule has 1 atom stereocenters. The normalized spacial score (nSPS) is 13.2. The Bertz CT molecular complexity index is 236. The third-order valence-corrected chi connectivity index (χ3v) is 2.17. The molecule has 0 fully saturated rings. The van der Waals surface area contributed by atoms with Gasteiger partial charge in [-0.05, 0) is 26.0 Å². The van der Waals surface area contributed by atoms with E-state index in [1.807, 2.05) is 13.2 Å². The second-order valence-corrected chi connectivity index (χ2v) is 3.50. The average molecular weight is 181 g/mol. The molecule has 1 heterocycles. The molecule has 1 N–H and O–H groups in total. The molecule has 0 aliphatic heterocycles. The molecule has 0 radical (unpaired) electrons. The number of aryl methyl sites for hydroxylation is 1. The van der Waals surface area contributed by atoms with Crippen LogP contribution in [0.4, 0.5) is 0 Å². The summed E-state index contributed by atoms with van der Waals surface area (Å²) in [6, 6.07) is 0.503. The topological polar surface area (TPSA) is 29.9 Å². The number of likely N-dealkylation sites (N-methyl/N-ethyl adjacent to an activating group) is 1. The molecular formula is C10H19N3. The van der Waals surface area contributed by atoms with E-state index in [-0.39, 0.29) is 0 Å². The molecule has 13 heavy (non-hydrogen) atoms. The van der Waals surface area contributed by atoms with Crippen molar-refractivity contribution in [2.24, 2.45) is 0 Å². The Hall–Kier alpha value is -0.830. The van der Waals surface area contributed by atoms with Crippen molar-refractivity contribution >= 4 is 0 Å². The first-order valence-corrected chi connectivity index (χ1v) is 4.93. The fraction of sp³-hybridized carbons (Fsp3) is 0.700. The van der Waals surface area contributed by atoms with Gasteiger partial charge in [-0.25, -0.2) is 0 Å². The molecule has 0 saturated heterocycles. The van der Waals surface area contributed by atoms with E-state index in [4.69, 9.17) is 0 Å². The summed E-state index contributed by atoms with van der Waals surface area (Å²) in [6.45, 7) is 5.28. The summed E-state index contributed by atoms with van der Waals surface area (Å²) in [5.74, 6) is 0. The molecule has 0 aliphatic rings. The smallest absolute Gasteiger partial charge is 0.0643 e. The quantitative estimate of drug-likeness (QED) is 0.750. The van der Waals surface area contributed by atoms with Gasteiger partial charge in [0.15, 0.2) is 0 Å². The number of rotatable bonds is 5. The van der Waals surface area contributed by atoms with Crippen molar-refractivity contribution in [2.45, 2.75) is 32.7 Å². The maximum atomic E-state index is 4.33. The van der Waals surface area contributed by atoms with Gasteiger partial charge in [-0.2, -0.15) is 5.10 Å². The lowest BCUT2D eigenvalue weighted by molar-refractivity contribution is 0.407. The van der Waals surface area contributed by atoms with Gasteiger partial charge in [0.2, 0.25) is 0 Å². The van der Waals surface area contributed by atoms with Crippen molar-refractivity contribution in [1.82, 2.24) is 15.1 Å². The van der Waals surface area contributed by atoms with E-state index >= 15 is 0 Å². The molecule has 3 nitrogen and oxygen atoms in total. The van der Waals surface area contributed by atoms with E-state index in [0.29, 0.717) is 6.04 Å². The molecule has 1 aromatic heterocycles. The van der Waals surface area contributed by atoms with Crippen LogP contribution in [0, 0.1) is 6.92 Å². The molecule has 1 aromatic rings. The van der Waals surface area contributed by atoms with Crippen LogP contribution in [0.25, 0.3) is 0 Å². The van der Waals surface area contributed by atoms with Crippen LogP contribution in [0.1, 0.15) is 31.4 Å². The van der Waals surface area contributed by atoms with Crippen LogP contribution in [0.5, 0.6) is 0 Å². The van der Waals surface area contributed by atoms with Gasteiger partial charge in [-0.1, -0.05) is 13.3 Å². The SMILES string of the molecule is CCCC(CNC)n1cc(C)cn1. The number of hydrogen-bond donors (Lipinski definition) is 1. The first-order valence-electron chi connectivity index (χ1n) is 4.93. The zero-order valence-electron chi connectivity index (χ0n) is 8.75. The fourth-order valence-electron chi connectivity index (χ4n) is 1.53. The van der Waals surface area contributed by atoms with Crippen molar-refractivity contribution in [3.63, 3.8) is 0 Å². The van der Waals surface area contributed by atoms with E-state index < -0.39 is 0 Å². The summed E-state index contributed by atoms with van der Waals surface area (Å²) in [4.78, 5) is 0. The molecule has 0 bridgehead atoms. The third kappa shape index (κ3) is 2.84. The van der Waals surface area contributed by atoms with Crippen LogP contribution in [0.15, 0.2) is 12.4 Å². The lowest BCUT2D eigenvalue weighted by atomic mass is 10.2. The molecule has 0 amide bonds. The highest BCUT2D eigenvalue weighted by atomic mass is 15.3. The van der Waals surface area contributed by atoms with Gasteiger partial charge in [0.25, 0.3) is 0 Å². The van der Waals surface area contributed by atoms with Crippen molar-refractivity contribution in [3.05, 3.63) is 18.0 Å². The van der Waals surface area contributed by atoms with Crippen LogP contribution in [0.2, 0.25) is 0 Å². The van der Waals surface area contributed by atoms with Gasteiger partial charge in [-0.3, -0.25) is 4.68 Å². The predicted molar refractivity (Wildman–Crippen MR) is 54.8 cm³/mol. The van der Waals surface area contributed by atoms with Crippen LogP contribution in [-0.2, 0) is 0 Å². The maximum Gasteiger partial charge on any atom is 0.0643 e. The highest BCUT2D eigenvalue weighted by molar-refractivity contribution is 5.00. The summed E-state index contributed by atoms with van der Waals surface area (Å²) in [6.07, 6.45) is 6.41. The average Bonchev–Trinajstić information content (AvgIpc) is 2.51. The Morgan fingerprint density at radius 1 is 1.62 bits per heavy atom. The van der Waals surface area contributed by atoms with Gasteiger partial charge in [0.1, 0.15) is 0 Å². The third-order valence-electron chi connectivity index (χ3n) is 2.17. The lowest BCUT2D eigenvalue weighted by Crippen LogP contribution is -2.22. The molecule has 0 aromatic carbocycles. The molecular weight excluding hydrogens is 162 g/mol. The molecule has 0 aliphatic carbocycles. The second kappa shape index (κ2) is 5.02. The number of aromatic nitrogens is 2. The van der Waals surface area contributed by atoms with E-state index in [9.17, 15) is 0 Å². The molecule has 1 rings (SSSR count). The Labute approximate surface area is 80.1 Å². The van der Waals surface area contributed by atoms with E-state index in [1.165, 1.54) is 18.4 Å². The van der Waals surface area contributed by atoms with E-state index in [0.717, 1.165) is 6.54 Å². The summed E-state index contributed by atoms with van der Waals surface area (Å²) >= 11 is 0. The summed E-state index contributed by atoms with van der Waals surface area (Å²) < 4.78 is 2.06. The second-order valence-electron chi connectivity index (χ2n) is 3.50. The Morgan fingerprint density at radius 2 is 2.38 bits per heavy atom. The highest BCUT2D eigenvalue weighted by Crippen LogP contribution is 2.12. The minimum absolute atomic E-state index is 0.503. The monoisotopic (exact) mass is 181 g/mol. The Kier molecular flexibility index (Phi) is 3.96. The zero-order valence-corrected chi connectivity index (χ0v) is 8.75. The predicted octanol–water partition coefficient (Wildman–Crippen LogP) is 1.75. The fourth-order valence-corrected chi connectivity index (χ4v) is 1.53. The largest absolute Gasteiger partial charge is 0.318 e. The van der Waals surface area contributed by atoms with Gasteiger partial charge < -0.3 is 5.32 Å². The molecule has 0 saturated carbocycles. The van der Waals surface area contributed by atoms with Crippen LogP contribution < -0.4 is 5.32 Å². The highest BCUT2D eigenvalue weighted by Gasteiger charge is 2.08. The van der Waals surface area contributed by atoms with Crippen LogP contribution >= 0.6 is 0 Å². The van der Waals surface area contributed by atoms with Crippen molar-refractivity contribution in [2.75, 3.05) is 13.6 Å². The zero-order chi connectivity index (χ0) is 9.68. The Balaban J connectivity index is 2.63. The van der Waals surface area contributed by atoms with Gasteiger partial charge in [0.05, 0.1) is 12.2 Å². The van der Waals surface area contributed by atoms with Gasteiger partial charge in [-0.15, -0.1) is 0 Å². The minimum atomic E-state index is 0.503. The molecule has 3 heteroatoms. The van der Waals surface area contributed by atoms with Gasteiger partial charge in [0, 0.05) is 12.7 Å². The maximum absolute atomic E-state index is 4.33.